The van der Waals surface area contributed by atoms with E-state index in [-0.39, 0.29) is 0 Å². The van der Waals surface area contributed by atoms with E-state index in [1.165, 1.54) is 0 Å². The highest BCUT2D eigenvalue weighted by Gasteiger charge is 2.00. The molecule has 0 saturated carbocycles. The number of nitrogens with zero attached hydrogens (tertiary/aromatic N) is 1. The molecular weight excluding hydrogens is 302 g/mol. The molecule has 0 amide bonds. The molecule has 0 saturated heterocycles. The molecule has 0 bridgehead atoms. The van der Waals surface area contributed by atoms with Gasteiger partial charge in [0.15, 0.2) is 0 Å². The van der Waals surface area contributed by atoms with Crippen molar-refractivity contribution in [3.8, 4) is 5.75 Å². The van der Waals surface area contributed by atoms with Crippen LogP contribution in [0.5, 0.6) is 5.75 Å². The van der Waals surface area contributed by atoms with Crippen molar-refractivity contribution in [3.05, 3.63) is 57.3 Å². The highest BCUT2D eigenvalue weighted by Crippen LogP contribution is 2.22. The summed E-state index contributed by atoms with van der Waals surface area (Å²) in [6.07, 6.45) is 1.67. The lowest BCUT2D eigenvalue weighted by atomic mass is 10.2. The van der Waals surface area contributed by atoms with Crippen LogP contribution in [0.25, 0.3) is 0 Å². The molecule has 4 heteroatoms. The molecule has 2 rings (SSSR count). The standard InChI is InChI=1S/C13H11BrClNO/c1-9-6-11(2-3-12(9)14)17-8-10-4-5-16-13(15)7-10/h2-7H,8H2,1H3. The van der Waals surface area contributed by atoms with Gasteiger partial charge in [0.05, 0.1) is 0 Å². The lowest BCUT2D eigenvalue weighted by Crippen LogP contribution is -1.96. The summed E-state index contributed by atoms with van der Waals surface area (Å²) in [5.74, 6) is 0.846. The Morgan fingerprint density at radius 1 is 1.29 bits per heavy atom. The number of aryl methyl sites for hydroxylation is 1. The second-order valence-electron chi connectivity index (χ2n) is 3.69. The molecule has 0 aliphatic heterocycles. The van der Waals surface area contributed by atoms with Gasteiger partial charge in [0, 0.05) is 10.7 Å². The zero-order chi connectivity index (χ0) is 12.3. The minimum Gasteiger partial charge on any atom is -0.489 e. The third-order valence-electron chi connectivity index (χ3n) is 2.33. The highest BCUT2D eigenvalue weighted by molar-refractivity contribution is 9.10. The van der Waals surface area contributed by atoms with Crippen molar-refractivity contribution < 1.29 is 4.74 Å². The van der Waals surface area contributed by atoms with E-state index in [4.69, 9.17) is 16.3 Å². The Morgan fingerprint density at radius 2 is 2.12 bits per heavy atom. The van der Waals surface area contributed by atoms with Crippen molar-refractivity contribution in [1.82, 2.24) is 4.98 Å². The second-order valence-corrected chi connectivity index (χ2v) is 4.93. The smallest absolute Gasteiger partial charge is 0.129 e. The summed E-state index contributed by atoms with van der Waals surface area (Å²) in [6, 6.07) is 9.59. The first-order valence-corrected chi connectivity index (χ1v) is 6.31. The van der Waals surface area contributed by atoms with Crippen molar-refractivity contribution in [2.45, 2.75) is 13.5 Å². The average molecular weight is 313 g/mol. The molecule has 2 nitrogen and oxygen atoms in total. The Morgan fingerprint density at radius 3 is 2.82 bits per heavy atom. The fourth-order valence-corrected chi connectivity index (χ4v) is 1.85. The van der Waals surface area contributed by atoms with Crippen LogP contribution in [-0.4, -0.2) is 4.98 Å². The summed E-state index contributed by atoms with van der Waals surface area (Å²) in [7, 11) is 0. The molecule has 0 radical (unpaired) electrons. The first-order valence-electron chi connectivity index (χ1n) is 5.14. The Labute approximate surface area is 114 Å². The van der Waals surface area contributed by atoms with Gasteiger partial charge in [0.25, 0.3) is 0 Å². The van der Waals surface area contributed by atoms with E-state index in [1.54, 1.807) is 12.3 Å². The normalized spacial score (nSPS) is 10.3. The topological polar surface area (TPSA) is 22.1 Å². The van der Waals surface area contributed by atoms with Crippen LogP contribution < -0.4 is 4.74 Å². The quantitative estimate of drug-likeness (QED) is 0.784. The number of benzene rings is 1. The van der Waals surface area contributed by atoms with E-state index in [1.807, 2.05) is 31.2 Å². The molecule has 0 fully saturated rings. The summed E-state index contributed by atoms with van der Waals surface area (Å²) in [5.41, 5.74) is 2.15. The molecule has 88 valence electrons. The van der Waals surface area contributed by atoms with E-state index in [0.29, 0.717) is 11.8 Å². The van der Waals surface area contributed by atoms with Gasteiger partial charge in [-0.1, -0.05) is 27.5 Å². The maximum absolute atomic E-state index is 5.80. The molecule has 1 aromatic carbocycles. The Hall–Kier alpha value is -1.06. The maximum atomic E-state index is 5.80. The van der Waals surface area contributed by atoms with Gasteiger partial charge in [-0.15, -0.1) is 0 Å². The largest absolute Gasteiger partial charge is 0.489 e. The van der Waals surface area contributed by atoms with E-state index in [9.17, 15) is 0 Å². The molecular formula is C13H11BrClNO. The molecule has 17 heavy (non-hydrogen) atoms. The van der Waals surface area contributed by atoms with Gasteiger partial charge < -0.3 is 4.74 Å². The number of aromatic nitrogens is 1. The van der Waals surface area contributed by atoms with Crippen molar-refractivity contribution >= 4 is 27.5 Å². The summed E-state index contributed by atoms with van der Waals surface area (Å²) in [6.45, 7) is 2.52. The predicted octanol–water partition coefficient (Wildman–Crippen LogP) is 4.38. The molecule has 1 aromatic heterocycles. The van der Waals surface area contributed by atoms with E-state index in [2.05, 4.69) is 20.9 Å². The first kappa shape index (κ1) is 12.4. The molecule has 0 aliphatic rings. The maximum Gasteiger partial charge on any atom is 0.129 e. The van der Waals surface area contributed by atoms with Crippen LogP contribution in [0.1, 0.15) is 11.1 Å². The molecule has 0 N–H and O–H groups in total. The molecule has 2 aromatic rings. The molecule has 0 unspecified atom stereocenters. The van der Waals surface area contributed by atoms with Crippen molar-refractivity contribution in [2.75, 3.05) is 0 Å². The second kappa shape index (κ2) is 5.52. The molecule has 1 heterocycles. The van der Waals surface area contributed by atoms with Crippen LogP contribution in [0, 0.1) is 6.92 Å². The van der Waals surface area contributed by atoms with Crippen LogP contribution in [-0.2, 0) is 6.61 Å². The van der Waals surface area contributed by atoms with E-state index >= 15 is 0 Å². The van der Waals surface area contributed by atoms with Crippen LogP contribution in [0.4, 0.5) is 0 Å². The van der Waals surface area contributed by atoms with Gasteiger partial charge in [-0.2, -0.15) is 0 Å². The molecule has 0 spiro atoms. The first-order chi connectivity index (χ1) is 8.15. The van der Waals surface area contributed by atoms with Gasteiger partial charge in [-0.25, -0.2) is 4.98 Å². The van der Waals surface area contributed by atoms with E-state index in [0.717, 1.165) is 21.3 Å². The van der Waals surface area contributed by atoms with Gasteiger partial charge >= 0.3 is 0 Å². The van der Waals surface area contributed by atoms with Crippen molar-refractivity contribution in [3.63, 3.8) is 0 Å². The fourth-order valence-electron chi connectivity index (χ4n) is 1.41. The lowest BCUT2D eigenvalue weighted by Gasteiger charge is -2.07. The SMILES string of the molecule is Cc1cc(OCc2ccnc(Cl)c2)ccc1Br. The van der Waals surface area contributed by atoms with Crippen LogP contribution in [0.3, 0.4) is 0 Å². The zero-order valence-corrected chi connectivity index (χ0v) is 11.6. The zero-order valence-electron chi connectivity index (χ0n) is 9.28. The average Bonchev–Trinajstić information content (AvgIpc) is 2.31. The van der Waals surface area contributed by atoms with Gasteiger partial charge in [0.2, 0.25) is 0 Å². The third-order valence-corrected chi connectivity index (χ3v) is 3.42. The minimum absolute atomic E-state index is 0.484. The number of rotatable bonds is 3. The number of ether oxygens (including phenoxy) is 1. The van der Waals surface area contributed by atoms with Crippen LogP contribution >= 0.6 is 27.5 Å². The van der Waals surface area contributed by atoms with Crippen molar-refractivity contribution in [1.29, 1.82) is 0 Å². The highest BCUT2D eigenvalue weighted by atomic mass is 79.9. The number of pyridine rings is 1. The predicted molar refractivity (Wildman–Crippen MR) is 72.5 cm³/mol. The van der Waals surface area contributed by atoms with E-state index < -0.39 is 0 Å². The monoisotopic (exact) mass is 311 g/mol. The Bertz CT molecular complexity index is 531. The Kier molecular flexibility index (Phi) is 4.02. The van der Waals surface area contributed by atoms with Crippen LogP contribution in [0.2, 0.25) is 5.15 Å². The van der Waals surface area contributed by atoms with Crippen LogP contribution in [0.15, 0.2) is 41.0 Å². The van der Waals surface area contributed by atoms with Crippen molar-refractivity contribution in [2.24, 2.45) is 0 Å². The summed E-state index contributed by atoms with van der Waals surface area (Å²) < 4.78 is 6.76. The third kappa shape index (κ3) is 3.45. The molecule has 0 atom stereocenters. The number of hydrogen-bond acceptors (Lipinski definition) is 2. The van der Waals surface area contributed by atoms with Gasteiger partial charge in [-0.05, 0) is 48.4 Å². The summed E-state index contributed by atoms with van der Waals surface area (Å²) in [5, 5.41) is 0.484. The lowest BCUT2D eigenvalue weighted by molar-refractivity contribution is 0.306. The fraction of sp³-hybridized carbons (Fsp3) is 0.154. The summed E-state index contributed by atoms with van der Waals surface area (Å²) in [4.78, 5) is 3.92. The Balaban J connectivity index is 2.05. The number of hydrogen-bond donors (Lipinski definition) is 0. The molecule has 0 aliphatic carbocycles. The number of halogens is 2. The minimum atomic E-state index is 0.484. The van der Waals surface area contributed by atoms with Gasteiger partial charge in [-0.3, -0.25) is 0 Å². The van der Waals surface area contributed by atoms with Gasteiger partial charge in [0.1, 0.15) is 17.5 Å². The summed E-state index contributed by atoms with van der Waals surface area (Å²) >= 11 is 9.25.